The third-order valence-corrected chi connectivity index (χ3v) is 85.9. The Labute approximate surface area is 309 Å². The average molecular weight is 766 g/mol. The Hall–Kier alpha value is -1.81. The standard InChI is InChI=1S/C41H68NO3PSi4/c1-12-47(13-2,14-3)50(48(15-4,16-5)17-6,49(18-7,19-8)20-9)45-41(43)36(11)40(39-34-28-27-29-35(39)10)42-46(44,37-30-23-21-24-31-37)38-32-25-22-26-33-38/h21-34,36,40H,12-20H2,1-11H3,(H,42,44). The van der Waals surface area contributed by atoms with Gasteiger partial charge in [0.25, 0.3) is 5.97 Å². The van der Waals surface area contributed by atoms with E-state index in [0.29, 0.717) is 0 Å². The molecule has 0 amide bonds. The monoisotopic (exact) mass is 765 g/mol. The van der Waals surface area contributed by atoms with Crippen molar-refractivity contribution in [3.63, 3.8) is 0 Å². The Morgan fingerprint density at radius 1 is 0.600 bits per heavy atom. The van der Waals surface area contributed by atoms with Crippen LogP contribution in [-0.4, -0.2) is 35.6 Å². The average Bonchev–Trinajstić information content (AvgIpc) is 3.17. The maximum Gasteiger partial charge on any atom is 0.296 e. The SMILES string of the molecule is CC[Si](CC)(CC)[Si](OC(=O)C(C)C(NP(=O)(c1ccccc1)c1ccccc1)c1ccccc1C)([Si](CC)(CC)CC)[Si](CC)(CC)CC. The van der Waals surface area contributed by atoms with Crippen molar-refractivity contribution in [2.24, 2.45) is 5.92 Å². The van der Waals surface area contributed by atoms with Crippen molar-refractivity contribution in [2.75, 3.05) is 0 Å². The lowest BCUT2D eigenvalue weighted by atomic mass is 9.92. The molecular weight excluding hydrogens is 698 g/mol. The van der Waals surface area contributed by atoms with Crippen LogP contribution in [0, 0.1) is 12.8 Å². The van der Waals surface area contributed by atoms with Crippen LogP contribution in [0.4, 0.5) is 0 Å². The second-order valence-corrected chi connectivity index (χ2v) is 53.2. The van der Waals surface area contributed by atoms with Crippen LogP contribution in [0.25, 0.3) is 0 Å². The van der Waals surface area contributed by atoms with Crippen LogP contribution in [0.15, 0.2) is 84.9 Å². The van der Waals surface area contributed by atoms with Crippen LogP contribution < -0.4 is 15.7 Å². The van der Waals surface area contributed by atoms with Gasteiger partial charge < -0.3 is 4.43 Å². The summed E-state index contributed by atoms with van der Waals surface area (Å²) in [6.45, 7) is 23.6. The lowest BCUT2D eigenvalue weighted by Crippen LogP contribution is -2.90. The lowest BCUT2D eigenvalue weighted by Gasteiger charge is -2.63. The van der Waals surface area contributed by atoms with Crippen molar-refractivity contribution >= 4 is 53.5 Å². The van der Waals surface area contributed by atoms with Gasteiger partial charge in [0.2, 0.25) is 14.2 Å². The van der Waals surface area contributed by atoms with Crippen LogP contribution in [0.1, 0.15) is 86.4 Å². The van der Waals surface area contributed by atoms with E-state index in [-0.39, 0.29) is 5.97 Å². The van der Waals surface area contributed by atoms with Crippen molar-refractivity contribution in [1.29, 1.82) is 0 Å². The van der Waals surface area contributed by atoms with Crippen molar-refractivity contribution < 1.29 is 13.8 Å². The quantitative estimate of drug-likeness (QED) is 0.0919. The second kappa shape index (κ2) is 18.3. The molecule has 4 nitrogen and oxygen atoms in total. The molecule has 3 aromatic rings. The number of benzene rings is 3. The Morgan fingerprint density at radius 3 is 1.28 bits per heavy atom. The molecule has 9 heteroatoms. The van der Waals surface area contributed by atoms with Crippen LogP contribution in [-0.2, 0) is 13.8 Å². The fourth-order valence-electron chi connectivity index (χ4n) is 10.0. The van der Waals surface area contributed by atoms with Crippen molar-refractivity contribution in [3.05, 3.63) is 96.1 Å². The molecule has 2 atom stereocenters. The van der Waals surface area contributed by atoms with Crippen LogP contribution in [0.3, 0.4) is 0 Å². The normalized spacial score (nSPS) is 14.3. The van der Waals surface area contributed by atoms with E-state index in [1.165, 1.54) is 54.4 Å². The highest BCUT2D eigenvalue weighted by Crippen LogP contribution is 2.52. The highest BCUT2D eigenvalue weighted by atomic mass is 31.2. The minimum atomic E-state index is -3.38. The van der Waals surface area contributed by atoms with E-state index in [4.69, 9.17) is 4.43 Å². The highest BCUT2D eigenvalue weighted by Gasteiger charge is 2.74. The Bertz CT molecular complexity index is 1420. The van der Waals surface area contributed by atoms with Gasteiger partial charge in [0.1, 0.15) is 0 Å². The van der Waals surface area contributed by atoms with Gasteiger partial charge in [-0.25, -0.2) is 0 Å². The number of carbonyl (C=O) groups excluding carboxylic acids is 1. The summed E-state index contributed by atoms with van der Waals surface area (Å²) in [4.78, 5) is 15.6. The zero-order valence-electron chi connectivity index (χ0n) is 33.3. The predicted molar refractivity (Wildman–Crippen MR) is 229 cm³/mol. The number of hydrogen-bond donors (Lipinski definition) is 1. The van der Waals surface area contributed by atoms with Crippen LogP contribution in [0.5, 0.6) is 0 Å². The largest absolute Gasteiger partial charge is 0.527 e. The third kappa shape index (κ3) is 7.36. The van der Waals surface area contributed by atoms with Crippen molar-refractivity contribution in [1.82, 2.24) is 5.09 Å². The van der Waals surface area contributed by atoms with Gasteiger partial charge in [-0.05, 0) is 42.3 Å². The van der Waals surface area contributed by atoms with Gasteiger partial charge in [-0.2, -0.15) is 0 Å². The Morgan fingerprint density at radius 2 is 0.940 bits per heavy atom. The summed E-state index contributed by atoms with van der Waals surface area (Å²) in [5.41, 5.74) is 2.09. The molecular formula is C41H68NO3PSi4. The molecule has 50 heavy (non-hydrogen) atoms. The minimum absolute atomic E-state index is 0.0447. The second-order valence-electron chi connectivity index (χ2n) is 14.7. The summed E-state index contributed by atoms with van der Waals surface area (Å²) in [7, 11) is -9.49. The van der Waals surface area contributed by atoms with E-state index >= 15 is 9.36 Å². The highest BCUT2D eigenvalue weighted by molar-refractivity contribution is 7.88. The summed E-state index contributed by atoms with van der Waals surface area (Å²) in [6.07, 6.45) is 0. The molecule has 2 unspecified atom stereocenters. The number of aryl methyl sites for hydroxylation is 1. The minimum Gasteiger partial charge on any atom is -0.527 e. The molecule has 0 aromatic heterocycles. The van der Waals surface area contributed by atoms with Gasteiger partial charge in [-0.15, -0.1) is 0 Å². The Balaban J connectivity index is 2.38. The molecule has 0 spiro atoms. The molecule has 276 valence electrons. The third-order valence-electron chi connectivity index (χ3n) is 13.5. The summed E-state index contributed by atoms with van der Waals surface area (Å²) >= 11 is 0. The number of carbonyl (C=O) groups is 1. The lowest BCUT2D eigenvalue weighted by molar-refractivity contribution is -0.139. The maximum atomic E-state index is 15.6. The molecule has 0 radical (unpaired) electrons. The smallest absolute Gasteiger partial charge is 0.296 e. The zero-order valence-corrected chi connectivity index (χ0v) is 38.2. The number of rotatable bonds is 20. The first-order valence-corrected chi connectivity index (χ1v) is 34.2. The summed E-state index contributed by atoms with van der Waals surface area (Å²) < 4.78 is 23.5. The molecule has 0 fully saturated rings. The van der Waals surface area contributed by atoms with E-state index in [1.807, 2.05) is 72.8 Å². The molecule has 0 aliphatic carbocycles. The van der Waals surface area contributed by atoms with Crippen molar-refractivity contribution in [3.8, 4) is 0 Å². The molecule has 0 aliphatic heterocycles. The first-order valence-electron chi connectivity index (χ1n) is 19.7. The van der Waals surface area contributed by atoms with Crippen molar-refractivity contribution in [2.45, 2.75) is 137 Å². The first-order chi connectivity index (χ1) is 23.9. The van der Waals surface area contributed by atoms with Gasteiger partial charge in [0, 0.05) is 10.6 Å². The van der Waals surface area contributed by atoms with E-state index in [0.717, 1.165) is 21.7 Å². The number of nitrogens with one attached hydrogen (secondary N) is 1. The van der Waals surface area contributed by atoms with E-state index in [9.17, 15) is 0 Å². The molecule has 0 saturated heterocycles. The maximum absolute atomic E-state index is 15.6. The molecule has 3 aromatic carbocycles. The van der Waals surface area contributed by atoms with Gasteiger partial charge in [0.15, 0.2) is 0 Å². The molecule has 0 bridgehead atoms. The van der Waals surface area contributed by atoms with Crippen LogP contribution >= 0.6 is 7.29 Å². The fourth-order valence-corrected chi connectivity index (χ4v) is 112. The van der Waals surface area contributed by atoms with Gasteiger partial charge in [0.05, 0.1) is 34.7 Å². The van der Waals surface area contributed by atoms with Gasteiger partial charge in [-0.3, -0.25) is 14.4 Å². The molecule has 3 rings (SSSR count). The molecule has 1 N–H and O–H groups in total. The van der Waals surface area contributed by atoms with Gasteiger partial charge >= 0.3 is 0 Å². The first kappa shape index (κ1) is 42.6. The molecule has 0 saturated carbocycles. The fraction of sp³-hybridized carbons (Fsp3) is 0.537. The Kier molecular flexibility index (Phi) is 15.6. The predicted octanol–water partition coefficient (Wildman–Crippen LogP) is 11.4. The summed E-state index contributed by atoms with van der Waals surface area (Å²) in [5, 5.41) is 5.22. The van der Waals surface area contributed by atoms with E-state index in [2.05, 4.69) is 93.4 Å². The summed E-state index contributed by atoms with van der Waals surface area (Å²) in [6, 6.07) is 38.2. The summed E-state index contributed by atoms with van der Waals surface area (Å²) in [5.74, 6) is -0.577. The van der Waals surface area contributed by atoms with E-state index in [1.54, 1.807) is 0 Å². The molecule has 0 heterocycles. The van der Waals surface area contributed by atoms with Gasteiger partial charge in [-0.1, -0.05) is 184 Å². The van der Waals surface area contributed by atoms with Crippen LogP contribution in [0.2, 0.25) is 54.4 Å². The zero-order chi connectivity index (χ0) is 37.2. The van der Waals surface area contributed by atoms with E-state index < -0.39 is 48.9 Å². The number of hydrogen-bond acceptors (Lipinski definition) is 3. The molecule has 0 aliphatic rings. The topological polar surface area (TPSA) is 55.4 Å².